The molecule has 2 rings (SSSR count). The summed E-state index contributed by atoms with van der Waals surface area (Å²) in [4.78, 5) is 2.49. The Hall–Kier alpha value is -0.800. The SMILES string of the molecule is CN(CCNCc1ccco1)C1CCCC1. The van der Waals surface area contributed by atoms with E-state index >= 15 is 0 Å². The van der Waals surface area contributed by atoms with Crippen molar-refractivity contribution in [3.63, 3.8) is 0 Å². The van der Waals surface area contributed by atoms with Crippen LogP contribution in [0.15, 0.2) is 22.8 Å². The molecule has 1 aromatic heterocycles. The van der Waals surface area contributed by atoms with Gasteiger partial charge in [-0.3, -0.25) is 0 Å². The molecule has 1 fully saturated rings. The minimum absolute atomic E-state index is 0.824. The van der Waals surface area contributed by atoms with Crippen molar-refractivity contribution in [3.8, 4) is 0 Å². The van der Waals surface area contributed by atoms with Crippen LogP contribution in [0.5, 0.6) is 0 Å². The highest BCUT2D eigenvalue weighted by atomic mass is 16.3. The molecule has 1 N–H and O–H groups in total. The molecule has 1 aliphatic rings. The van der Waals surface area contributed by atoms with Gasteiger partial charge in [0.1, 0.15) is 5.76 Å². The minimum Gasteiger partial charge on any atom is -0.468 e. The average Bonchev–Trinajstić information content (AvgIpc) is 2.96. The second-order valence-corrected chi connectivity index (χ2v) is 4.68. The van der Waals surface area contributed by atoms with E-state index in [-0.39, 0.29) is 0 Å². The molecule has 1 saturated carbocycles. The predicted molar refractivity (Wildman–Crippen MR) is 65.3 cm³/mol. The van der Waals surface area contributed by atoms with Gasteiger partial charge >= 0.3 is 0 Å². The Bertz CT molecular complexity index is 278. The van der Waals surface area contributed by atoms with Gasteiger partial charge in [0.15, 0.2) is 0 Å². The zero-order valence-corrected chi connectivity index (χ0v) is 10.1. The van der Waals surface area contributed by atoms with Crippen molar-refractivity contribution in [2.45, 2.75) is 38.3 Å². The topological polar surface area (TPSA) is 28.4 Å². The smallest absolute Gasteiger partial charge is 0.117 e. The van der Waals surface area contributed by atoms with Crippen molar-refractivity contribution in [3.05, 3.63) is 24.2 Å². The number of nitrogens with zero attached hydrogens (tertiary/aromatic N) is 1. The third-order valence-electron chi connectivity index (χ3n) is 3.47. The summed E-state index contributed by atoms with van der Waals surface area (Å²) < 4.78 is 5.26. The standard InChI is InChI=1S/C13H22N2O/c1-15(12-5-2-3-6-12)9-8-14-11-13-7-4-10-16-13/h4,7,10,12,14H,2-3,5-6,8-9,11H2,1H3. The molecule has 1 aliphatic carbocycles. The maximum absolute atomic E-state index is 5.26. The van der Waals surface area contributed by atoms with E-state index in [0.717, 1.165) is 31.4 Å². The van der Waals surface area contributed by atoms with E-state index in [1.807, 2.05) is 12.1 Å². The highest BCUT2D eigenvalue weighted by Crippen LogP contribution is 2.21. The molecule has 3 heteroatoms. The zero-order chi connectivity index (χ0) is 11.2. The maximum atomic E-state index is 5.26. The number of hydrogen-bond donors (Lipinski definition) is 1. The fraction of sp³-hybridized carbons (Fsp3) is 0.692. The first-order valence-corrected chi connectivity index (χ1v) is 6.29. The third-order valence-corrected chi connectivity index (χ3v) is 3.47. The Balaban J connectivity index is 1.57. The fourth-order valence-corrected chi connectivity index (χ4v) is 2.41. The summed E-state index contributed by atoms with van der Waals surface area (Å²) in [6.45, 7) is 3.00. The summed E-state index contributed by atoms with van der Waals surface area (Å²) in [6, 6.07) is 4.76. The highest BCUT2D eigenvalue weighted by Gasteiger charge is 2.18. The molecule has 16 heavy (non-hydrogen) atoms. The zero-order valence-electron chi connectivity index (χ0n) is 10.1. The van der Waals surface area contributed by atoms with E-state index in [9.17, 15) is 0 Å². The van der Waals surface area contributed by atoms with Crippen molar-refractivity contribution >= 4 is 0 Å². The first kappa shape index (κ1) is 11.7. The second kappa shape index (κ2) is 6.06. The van der Waals surface area contributed by atoms with Gasteiger partial charge in [0, 0.05) is 19.1 Å². The Morgan fingerprint density at radius 2 is 2.25 bits per heavy atom. The summed E-state index contributed by atoms with van der Waals surface area (Å²) in [5, 5.41) is 3.41. The van der Waals surface area contributed by atoms with E-state index in [0.29, 0.717) is 0 Å². The molecule has 0 aliphatic heterocycles. The van der Waals surface area contributed by atoms with Gasteiger partial charge in [-0.25, -0.2) is 0 Å². The van der Waals surface area contributed by atoms with Crippen molar-refractivity contribution < 1.29 is 4.42 Å². The summed E-state index contributed by atoms with van der Waals surface area (Å²) in [6.07, 6.45) is 7.31. The Morgan fingerprint density at radius 1 is 1.44 bits per heavy atom. The number of rotatable bonds is 6. The summed E-state index contributed by atoms with van der Waals surface area (Å²) in [7, 11) is 2.24. The van der Waals surface area contributed by atoms with Gasteiger partial charge in [0.05, 0.1) is 12.8 Å². The number of furan rings is 1. The van der Waals surface area contributed by atoms with Gasteiger partial charge in [0.2, 0.25) is 0 Å². The van der Waals surface area contributed by atoms with Gasteiger partial charge in [0.25, 0.3) is 0 Å². The summed E-state index contributed by atoms with van der Waals surface area (Å²) in [5.74, 6) is 1.02. The van der Waals surface area contributed by atoms with Crippen molar-refractivity contribution in [1.82, 2.24) is 10.2 Å². The molecular formula is C13H22N2O. The molecule has 3 nitrogen and oxygen atoms in total. The summed E-state index contributed by atoms with van der Waals surface area (Å²) in [5.41, 5.74) is 0. The van der Waals surface area contributed by atoms with Crippen molar-refractivity contribution in [1.29, 1.82) is 0 Å². The lowest BCUT2D eigenvalue weighted by molar-refractivity contribution is 0.244. The van der Waals surface area contributed by atoms with E-state index in [4.69, 9.17) is 4.42 Å². The van der Waals surface area contributed by atoms with Crippen LogP contribution >= 0.6 is 0 Å². The molecule has 0 radical (unpaired) electrons. The molecule has 0 unspecified atom stereocenters. The number of hydrogen-bond acceptors (Lipinski definition) is 3. The monoisotopic (exact) mass is 222 g/mol. The molecule has 0 bridgehead atoms. The predicted octanol–water partition coefficient (Wildman–Crippen LogP) is 2.24. The second-order valence-electron chi connectivity index (χ2n) is 4.68. The summed E-state index contributed by atoms with van der Waals surface area (Å²) >= 11 is 0. The van der Waals surface area contributed by atoms with Crippen LogP contribution in [0.2, 0.25) is 0 Å². The Kier molecular flexibility index (Phi) is 4.43. The first-order valence-electron chi connectivity index (χ1n) is 6.29. The van der Waals surface area contributed by atoms with E-state index in [1.54, 1.807) is 6.26 Å². The number of nitrogens with one attached hydrogen (secondary N) is 1. The molecule has 0 aromatic carbocycles. The minimum atomic E-state index is 0.824. The van der Waals surface area contributed by atoms with Crippen LogP contribution < -0.4 is 5.32 Å². The Morgan fingerprint density at radius 3 is 2.94 bits per heavy atom. The molecule has 0 spiro atoms. The molecule has 1 heterocycles. The van der Waals surface area contributed by atoms with Crippen LogP contribution in [0.3, 0.4) is 0 Å². The largest absolute Gasteiger partial charge is 0.468 e. The van der Waals surface area contributed by atoms with Crippen LogP contribution in [0, 0.1) is 0 Å². The van der Waals surface area contributed by atoms with Crippen molar-refractivity contribution in [2.24, 2.45) is 0 Å². The molecular weight excluding hydrogens is 200 g/mol. The number of likely N-dealkylation sites (N-methyl/N-ethyl adjacent to an activating group) is 1. The third kappa shape index (κ3) is 3.35. The molecule has 0 saturated heterocycles. The lowest BCUT2D eigenvalue weighted by Gasteiger charge is -2.23. The fourth-order valence-electron chi connectivity index (χ4n) is 2.41. The molecule has 90 valence electrons. The quantitative estimate of drug-likeness (QED) is 0.748. The maximum Gasteiger partial charge on any atom is 0.117 e. The first-order chi connectivity index (χ1) is 7.86. The Labute approximate surface area is 97.8 Å². The van der Waals surface area contributed by atoms with Crippen LogP contribution in [-0.2, 0) is 6.54 Å². The van der Waals surface area contributed by atoms with Gasteiger partial charge in [-0.15, -0.1) is 0 Å². The van der Waals surface area contributed by atoms with Gasteiger partial charge in [-0.05, 0) is 32.0 Å². The van der Waals surface area contributed by atoms with Crippen molar-refractivity contribution in [2.75, 3.05) is 20.1 Å². The van der Waals surface area contributed by atoms with E-state index < -0.39 is 0 Å². The van der Waals surface area contributed by atoms with Crippen LogP contribution in [0.4, 0.5) is 0 Å². The molecule has 1 aromatic rings. The van der Waals surface area contributed by atoms with Crippen LogP contribution in [0.25, 0.3) is 0 Å². The van der Waals surface area contributed by atoms with Crippen LogP contribution in [-0.4, -0.2) is 31.1 Å². The molecule has 0 atom stereocenters. The van der Waals surface area contributed by atoms with Gasteiger partial charge < -0.3 is 14.6 Å². The lowest BCUT2D eigenvalue weighted by Crippen LogP contribution is -2.35. The van der Waals surface area contributed by atoms with E-state index in [1.165, 1.54) is 25.7 Å². The average molecular weight is 222 g/mol. The van der Waals surface area contributed by atoms with Gasteiger partial charge in [-0.1, -0.05) is 12.8 Å². The van der Waals surface area contributed by atoms with E-state index in [2.05, 4.69) is 17.3 Å². The highest BCUT2D eigenvalue weighted by molar-refractivity contribution is 4.97. The molecule has 0 amide bonds. The van der Waals surface area contributed by atoms with Gasteiger partial charge in [-0.2, -0.15) is 0 Å². The van der Waals surface area contributed by atoms with Crippen LogP contribution in [0.1, 0.15) is 31.4 Å². The lowest BCUT2D eigenvalue weighted by atomic mass is 10.2. The normalized spacial score (nSPS) is 17.4.